The van der Waals surface area contributed by atoms with Crippen LogP contribution < -0.4 is 21.3 Å². The summed E-state index contributed by atoms with van der Waals surface area (Å²) in [6, 6.07) is 10.6. The normalized spacial score (nSPS) is 11.6. The minimum atomic E-state index is -3.76. The number of methoxy groups -OCH3 is 1. The Bertz CT molecular complexity index is 1370. The first-order chi connectivity index (χ1) is 15.2. The lowest BCUT2D eigenvalue weighted by Gasteiger charge is -2.19. The van der Waals surface area contributed by atoms with Crippen molar-refractivity contribution in [2.75, 3.05) is 25.5 Å². The summed E-state index contributed by atoms with van der Waals surface area (Å²) in [5.74, 6) is -0.458. The van der Waals surface area contributed by atoms with Crippen LogP contribution in [-0.4, -0.2) is 48.4 Å². The number of sulfonamides is 1. The first-order valence-corrected chi connectivity index (χ1v) is 11.4. The summed E-state index contributed by atoms with van der Waals surface area (Å²) < 4.78 is 32.9. The second kappa shape index (κ2) is 9.37. The average molecular weight is 461 g/mol. The van der Waals surface area contributed by atoms with E-state index in [0.717, 1.165) is 4.57 Å². The molecule has 32 heavy (non-hydrogen) atoms. The van der Waals surface area contributed by atoms with Gasteiger partial charge < -0.3 is 15.0 Å². The number of hydrogen-bond donors (Lipinski definition) is 2. The molecule has 1 aromatic heterocycles. The maximum atomic E-state index is 12.8. The first-order valence-electron chi connectivity index (χ1n) is 9.92. The van der Waals surface area contributed by atoms with Crippen molar-refractivity contribution < 1.29 is 17.9 Å². The Morgan fingerprint density at radius 1 is 1.12 bits per heavy atom. The van der Waals surface area contributed by atoms with Gasteiger partial charge in [-0.25, -0.2) is 13.2 Å². The minimum absolute atomic E-state index is 0.0157. The van der Waals surface area contributed by atoms with Gasteiger partial charge in [0.1, 0.15) is 12.3 Å². The summed E-state index contributed by atoms with van der Waals surface area (Å²) in [7, 11) is -2.39. The van der Waals surface area contributed by atoms with E-state index in [4.69, 9.17) is 4.74 Å². The Labute approximate surface area is 184 Å². The molecule has 1 amide bonds. The maximum Gasteiger partial charge on any atom is 0.329 e. The molecule has 0 aliphatic rings. The van der Waals surface area contributed by atoms with Gasteiger partial charge >= 0.3 is 5.69 Å². The quantitative estimate of drug-likeness (QED) is 0.522. The summed E-state index contributed by atoms with van der Waals surface area (Å²) in [5.41, 5.74) is -0.857. The molecular formula is C21H24N4O6S. The van der Waals surface area contributed by atoms with E-state index in [2.05, 4.69) is 10.3 Å². The average Bonchev–Trinajstić information content (AvgIpc) is 2.77. The van der Waals surface area contributed by atoms with E-state index in [1.54, 1.807) is 38.1 Å². The molecule has 10 nitrogen and oxygen atoms in total. The number of hydrogen-bond acceptors (Lipinski definition) is 6. The largest absolute Gasteiger partial charge is 0.495 e. The molecule has 2 N–H and O–H groups in total. The van der Waals surface area contributed by atoms with E-state index in [1.165, 1.54) is 29.6 Å². The van der Waals surface area contributed by atoms with Crippen molar-refractivity contribution in [3.63, 3.8) is 0 Å². The van der Waals surface area contributed by atoms with Gasteiger partial charge in [0, 0.05) is 13.1 Å². The fourth-order valence-electron chi connectivity index (χ4n) is 3.33. The summed E-state index contributed by atoms with van der Waals surface area (Å²) in [6.45, 7) is 3.48. The van der Waals surface area contributed by atoms with Gasteiger partial charge in [-0.3, -0.25) is 14.2 Å². The summed E-state index contributed by atoms with van der Waals surface area (Å²) >= 11 is 0. The molecular weight excluding hydrogens is 436 g/mol. The number of benzene rings is 2. The van der Waals surface area contributed by atoms with Crippen LogP contribution in [0.5, 0.6) is 5.75 Å². The number of amides is 1. The van der Waals surface area contributed by atoms with Crippen molar-refractivity contribution in [3.8, 4) is 5.75 Å². The maximum absolute atomic E-state index is 12.8. The Hall–Kier alpha value is -3.44. The van der Waals surface area contributed by atoms with E-state index in [-0.39, 0.29) is 21.7 Å². The molecule has 0 atom stereocenters. The lowest BCUT2D eigenvalue weighted by atomic mass is 10.2. The third-order valence-corrected chi connectivity index (χ3v) is 7.03. The van der Waals surface area contributed by atoms with Gasteiger partial charge in [-0.15, -0.1) is 0 Å². The van der Waals surface area contributed by atoms with Crippen LogP contribution in [0.4, 0.5) is 5.69 Å². The number of aromatic nitrogens is 2. The number of anilines is 1. The summed E-state index contributed by atoms with van der Waals surface area (Å²) in [6.07, 6.45) is 0. The molecule has 11 heteroatoms. The zero-order chi connectivity index (χ0) is 23.5. The third-order valence-electron chi connectivity index (χ3n) is 4.98. The van der Waals surface area contributed by atoms with Crippen LogP contribution >= 0.6 is 0 Å². The molecule has 1 heterocycles. The zero-order valence-corrected chi connectivity index (χ0v) is 18.7. The topological polar surface area (TPSA) is 131 Å². The van der Waals surface area contributed by atoms with Crippen molar-refractivity contribution >= 4 is 32.5 Å². The molecule has 0 unspecified atom stereocenters. The van der Waals surface area contributed by atoms with Crippen molar-refractivity contribution in [2.45, 2.75) is 25.3 Å². The fraction of sp³-hybridized carbons (Fsp3) is 0.286. The fourth-order valence-corrected chi connectivity index (χ4v) is 4.82. The first kappa shape index (κ1) is 23.2. The Balaban J connectivity index is 1.94. The number of H-pyrrole nitrogens is 1. The molecule has 0 bridgehead atoms. The second-order valence-corrected chi connectivity index (χ2v) is 8.80. The number of ether oxygens (including phenoxy) is 1. The molecule has 0 saturated carbocycles. The number of nitrogens with one attached hydrogen (secondary N) is 2. The molecule has 0 spiro atoms. The van der Waals surface area contributed by atoms with Gasteiger partial charge in [-0.1, -0.05) is 26.0 Å². The van der Waals surface area contributed by atoms with Crippen molar-refractivity contribution in [3.05, 3.63) is 63.3 Å². The molecule has 0 aliphatic carbocycles. The van der Waals surface area contributed by atoms with Gasteiger partial charge in [0.25, 0.3) is 5.56 Å². The van der Waals surface area contributed by atoms with Crippen LogP contribution in [0.2, 0.25) is 0 Å². The zero-order valence-electron chi connectivity index (χ0n) is 17.9. The number of carbonyl (C=O) groups is 1. The molecule has 0 radical (unpaired) electrons. The Kier molecular flexibility index (Phi) is 6.80. The van der Waals surface area contributed by atoms with E-state index < -0.39 is 33.7 Å². The van der Waals surface area contributed by atoms with E-state index in [1.807, 2.05) is 0 Å². The van der Waals surface area contributed by atoms with Crippen molar-refractivity contribution in [1.82, 2.24) is 13.9 Å². The SMILES string of the molecule is CCN(CC)S(=O)(=O)c1ccc(OC)c(NC(=O)Cn2c(=O)[nH]c3ccccc3c2=O)c1. The van der Waals surface area contributed by atoms with E-state index in [0.29, 0.717) is 18.6 Å². The van der Waals surface area contributed by atoms with Gasteiger partial charge in [0.05, 0.1) is 28.6 Å². The van der Waals surface area contributed by atoms with Crippen LogP contribution in [0.25, 0.3) is 10.9 Å². The molecule has 3 rings (SSSR count). The highest BCUT2D eigenvalue weighted by atomic mass is 32.2. The van der Waals surface area contributed by atoms with Crippen molar-refractivity contribution in [1.29, 1.82) is 0 Å². The van der Waals surface area contributed by atoms with Gasteiger partial charge in [-0.2, -0.15) is 4.31 Å². The molecule has 0 saturated heterocycles. The number of nitrogens with zero attached hydrogens (tertiary/aromatic N) is 2. The molecule has 0 aliphatic heterocycles. The highest BCUT2D eigenvalue weighted by Crippen LogP contribution is 2.29. The highest BCUT2D eigenvalue weighted by molar-refractivity contribution is 7.89. The predicted octanol–water partition coefficient (Wildman–Crippen LogP) is 1.37. The van der Waals surface area contributed by atoms with Crippen LogP contribution in [0.3, 0.4) is 0 Å². The standard InChI is InChI=1S/C21H24N4O6S/c1-4-24(5-2)32(29,30)14-10-11-18(31-3)17(12-14)22-19(26)13-25-20(27)15-8-6-7-9-16(15)23-21(25)28/h6-12H,4-5,13H2,1-3H3,(H,22,26)(H,23,28). The monoisotopic (exact) mass is 460 g/mol. The van der Waals surface area contributed by atoms with Crippen LogP contribution in [-0.2, 0) is 21.4 Å². The highest BCUT2D eigenvalue weighted by Gasteiger charge is 2.23. The smallest absolute Gasteiger partial charge is 0.329 e. The molecule has 0 fully saturated rings. The van der Waals surface area contributed by atoms with Crippen LogP contribution in [0.15, 0.2) is 56.9 Å². The lowest BCUT2D eigenvalue weighted by Crippen LogP contribution is -2.38. The van der Waals surface area contributed by atoms with Gasteiger partial charge in [0.2, 0.25) is 15.9 Å². The molecule has 3 aromatic rings. The van der Waals surface area contributed by atoms with Crippen molar-refractivity contribution in [2.24, 2.45) is 0 Å². The van der Waals surface area contributed by atoms with Gasteiger partial charge in [-0.05, 0) is 30.3 Å². The third kappa shape index (κ3) is 4.43. The lowest BCUT2D eigenvalue weighted by molar-refractivity contribution is -0.116. The number of carbonyl (C=O) groups excluding carboxylic acids is 1. The molecule has 170 valence electrons. The summed E-state index contributed by atoms with van der Waals surface area (Å²) in [4.78, 5) is 40.2. The van der Waals surface area contributed by atoms with Crippen LogP contribution in [0.1, 0.15) is 13.8 Å². The summed E-state index contributed by atoms with van der Waals surface area (Å²) in [5, 5.41) is 2.81. The Morgan fingerprint density at radius 3 is 2.47 bits per heavy atom. The predicted molar refractivity (Wildman–Crippen MR) is 121 cm³/mol. The van der Waals surface area contributed by atoms with E-state index in [9.17, 15) is 22.8 Å². The van der Waals surface area contributed by atoms with E-state index >= 15 is 0 Å². The number of fused-ring (bicyclic) bond motifs is 1. The second-order valence-electron chi connectivity index (χ2n) is 6.87. The van der Waals surface area contributed by atoms with Crippen LogP contribution in [0, 0.1) is 0 Å². The molecule has 2 aromatic carbocycles. The number of rotatable bonds is 8. The minimum Gasteiger partial charge on any atom is -0.495 e. The Morgan fingerprint density at radius 2 is 1.81 bits per heavy atom. The van der Waals surface area contributed by atoms with Gasteiger partial charge in [0.15, 0.2) is 0 Å². The number of para-hydroxylation sites is 1. The number of aromatic amines is 1.